The van der Waals surface area contributed by atoms with E-state index in [0.717, 1.165) is 11.5 Å². The maximum absolute atomic E-state index is 5.44. The van der Waals surface area contributed by atoms with Gasteiger partial charge in [0.25, 0.3) is 0 Å². The molecule has 0 spiro atoms. The molecule has 2 aromatic heterocycles. The van der Waals surface area contributed by atoms with Gasteiger partial charge in [0.2, 0.25) is 0 Å². The Bertz CT molecular complexity index is 411. The molecule has 0 radical (unpaired) electrons. The zero-order valence-electron chi connectivity index (χ0n) is 9.55. The van der Waals surface area contributed by atoms with Crippen LogP contribution in [0.5, 0.6) is 0 Å². The summed E-state index contributed by atoms with van der Waals surface area (Å²) in [4.78, 5) is 4.38. The summed E-state index contributed by atoms with van der Waals surface area (Å²) in [6.45, 7) is 2.14. The molecule has 2 heterocycles. The molecule has 16 heavy (non-hydrogen) atoms. The second-order valence-electron chi connectivity index (χ2n) is 3.83. The highest BCUT2D eigenvalue weighted by atomic mass is 16.3. The third-order valence-electron chi connectivity index (χ3n) is 2.82. The largest absolute Gasteiger partial charge is 0.468 e. The van der Waals surface area contributed by atoms with Crippen LogP contribution in [0.1, 0.15) is 30.3 Å². The minimum absolute atomic E-state index is 0.157. The normalized spacial score (nSPS) is 14.6. The molecule has 0 fully saturated rings. The van der Waals surface area contributed by atoms with E-state index in [9.17, 15) is 0 Å². The van der Waals surface area contributed by atoms with Crippen molar-refractivity contribution in [3.63, 3.8) is 0 Å². The van der Waals surface area contributed by atoms with E-state index in [4.69, 9.17) is 4.42 Å². The Morgan fingerprint density at radius 1 is 1.25 bits per heavy atom. The van der Waals surface area contributed by atoms with Crippen molar-refractivity contribution in [3.05, 3.63) is 54.2 Å². The van der Waals surface area contributed by atoms with Crippen molar-refractivity contribution in [2.75, 3.05) is 7.05 Å². The Hall–Kier alpha value is -1.61. The summed E-state index contributed by atoms with van der Waals surface area (Å²) in [6, 6.07) is 10.0. The average Bonchev–Trinajstić information content (AvgIpc) is 2.85. The van der Waals surface area contributed by atoms with Crippen molar-refractivity contribution in [3.8, 4) is 0 Å². The maximum atomic E-state index is 5.44. The zero-order chi connectivity index (χ0) is 11.4. The summed E-state index contributed by atoms with van der Waals surface area (Å²) in [5, 5.41) is 3.27. The minimum Gasteiger partial charge on any atom is -0.468 e. The molecule has 0 aliphatic rings. The van der Waals surface area contributed by atoms with Gasteiger partial charge in [0.1, 0.15) is 5.76 Å². The lowest BCUT2D eigenvalue weighted by Crippen LogP contribution is -2.22. The fourth-order valence-electron chi connectivity index (χ4n) is 1.92. The number of rotatable bonds is 4. The number of hydrogen-bond acceptors (Lipinski definition) is 3. The van der Waals surface area contributed by atoms with Crippen LogP contribution in [0.2, 0.25) is 0 Å². The number of hydrogen-bond donors (Lipinski definition) is 1. The maximum Gasteiger partial charge on any atom is 0.121 e. The van der Waals surface area contributed by atoms with Crippen molar-refractivity contribution >= 4 is 0 Å². The predicted octanol–water partition coefficient (Wildman–Crippen LogP) is 2.74. The quantitative estimate of drug-likeness (QED) is 0.854. The third-order valence-corrected chi connectivity index (χ3v) is 2.82. The van der Waals surface area contributed by atoms with Gasteiger partial charge in [-0.2, -0.15) is 0 Å². The first-order valence-corrected chi connectivity index (χ1v) is 5.44. The molecule has 0 amide bonds. The van der Waals surface area contributed by atoms with E-state index >= 15 is 0 Å². The topological polar surface area (TPSA) is 38.1 Å². The third kappa shape index (κ3) is 2.14. The lowest BCUT2D eigenvalue weighted by atomic mass is 9.96. The van der Waals surface area contributed by atoms with Gasteiger partial charge in [-0.15, -0.1) is 0 Å². The SMILES string of the molecule is CNC(c1ccco1)C(C)c1ccccn1. The van der Waals surface area contributed by atoms with E-state index in [1.54, 1.807) is 6.26 Å². The summed E-state index contributed by atoms with van der Waals surface area (Å²) in [6.07, 6.45) is 3.52. The molecule has 0 saturated carbocycles. The summed E-state index contributed by atoms with van der Waals surface area (Å²) in [7, 11) is 1.94. The molecular weight excluding hydrogens is 200 g/mol. The number of pyridine rings is 1. The van der Waals surface area contributed by atoms with Crippen molar-refractivity contribution in [2.24, 2.45) is 0 Å². The second-order valence-corrected chi connectivity index (χ2v) is 3.83. The molecule has 0 aliphatic heterocycles. The molecule has 0 saturated heterocycles. The first-order chi connectivity index (χ1) is 7.83. The van der Waals surface area contributed by atoms with Crippen molar-refractivity contribution < 1.29 is 4.42 Å². The Morgan fingerprint density at radius 2 is 2.12 bits per heavy atom. The summed E-state index contributed by atoms with van der Waals surface area (Å²) in [5.41, 5.74) is 1.07. The van der Waals surface area contributed by atoms with Gasteiger partial charge in [-0.3, -0.25) is 4.98 Å². The second kappa shape index (κ2) is 4.94. The van der Waals surface area contributed by atoms with E-state index < -0.39 is 0 Å². The number of likely N-dealkylation sites (N-methyl/N-ethyl adjacent to an activating group) is 1. The van der Waals surface area contributed by atoms with E-state index in [-0.39, 0.29) is 12.0 Å². The molecule has 2 atom stereocenters. The van der Waals surface area contributed by atoms with Crippen LogP contribution in [0, 0.1) is 0 Å². The highest BCUT2D eigenvalue weighted by Gasteiger charge is 2.22. The molecule has 1 N–H and O–H groups in total. The van der Waals surface area contributed by atoms with E-state index in [1.807, 2.05) is 43.6 Å². The first-order valence-electron chi connectivity index (χ1n) is 5.44. The lowest BCUT2D eigenvalue weighted by Gasteiger charge is -2.21. The van der Waals surface area contributed by atoms with Crippen LogP contribution in [-0.4, -0.2) is 12.0 Å². The molecule has 0 aromatic carbocycles. The van der Waals surface area contributed by atoms with Gasteiger partial charge in [-0.1, -0.05) is 13.0 Å². The van der Waals surface area contributed by atoms with Gasteiger partial charge < -0.3 is 9.73 Å². The van der Waals surface area contributed by atoms with E-state index in [1.165, 1.54) is 0 Å². The van der Waals surface area contributed by atoms with Crippen LogP contribution >= 0.6 is 0 Å². The van der Waals surface area contributed by atoms with Gasteiger partial charge in [-0.05, 0) is 31.3 Å². The Labute approximate surface area is 95.5 Å². The molecular formula is C13H16N2O. The van der Waals surface area contributed by atoms with Crippen LogP contribution in [0.25, 0.3) is 0 Å². The Balaban J connectivity index is 2.23. The Morgan fingerprint density at radius 3 is 2.69 bits per heavy atom. The van der Waals surface area contributed by atoms with Gasteiger partial charge in [0.05, 0.1) is 12.3 Å². The van der Waals surface area contributed by atoms with Gasteiger partial charge in [0.15, 0.2) is 0 Å². The van der Waals surface area contributed by atoms with Gasteiger partial charge in [-0.25, -0.2) is 0 Å². The molecule has 0 aliphatic carbocycles. The number of nitrogens with one attached hydrogen (secondary N) is 1. The molecule has 2 aromatic rings. The summed E-state index contributed by atoms with van der Waals surface area (Å²) < 4.78 is 5.44. The van der Waals surface area contributed by atoms with Crippen LogP contribution in [0.3, 0.4) is 0 Å². The molecule has 2 unspecified atom stereocenters. The molecule has 84 valence electrons. The standard InChI is InChI=1S/C13H16N2O/c1-10(11-6-3-4-8-15-11)13(14-2)12-7-5-9-16-12/h3-10,13-14H,1-2H3. The van der Waals surface area contributed by atoms with E-state index in [2.05, 4.69) is 17.2 Å². The summed E-state index contributed by atoms with van der Waals surface area (Å²) >= 11 is 0. The highest BCUT2D eigenvalue weighted by molar-refractivity contribution is 5.16. The number of furan rings is 1. The van der Waals surface area contributed by atoms with Gasteiger partial charge >= 0.3 is 0 Å². The molecule has 3 heteroatoms. The van der Waals surface area contributed by atoms with Crippen LogP contribution < -0.4 is 5.32 Å². The Kier molecular flexibility index (Phi) is 3.37. The monoisotopic (exact) mass is 216 g/mol. The van der Waals surface area contributed by atoms with Crippen molar-refractivity contribution in [2.45, 2.75) is 18.9 Å². The predicted molar refractivity (Wildman–Crippen MR) is 63.2 cm³/mol. The summed E-state index contributed by atoms with van der Waals surface area (Å²) in [5.74, 6) is 1.22. The minimum atomic E-state index is 0.157. The fourth-order valence-corrected chi connectivity index (χ4v) is 1.92. The average molecular weight is 216 g/mol. The lowest BCUT2D eigenvalue weighted by molar-refractivity contribution is 0.391. The molecule has 2 rings (SSSR count). The van der Waals surface area contributed by atoms with Crippen LogP contribution in [0.4, 0.5) is 0 Å². The van der Waals surface area contributed by atoms with Crippen LogP contribution in [0.15, 0.2) is 47.2 Å². The van der Waals surface area contributed by atoms with Crippen molar-refractivity contribution in [1.82, 2.24) is 10.3 Å². The number of aromatic nitrogens is 1. The zero-order valence-corrected chi connectivity index (χ0v) is 9.55. The van der Waals surface area contributed by atoms with Gasteiger partial charge in [0, 0.05) is 17.8 Å². The molecule has 3 nitrogen and oxygen atoms in total. The smallest absolute Gasteiger partial charge is 0.121 e. The van der Waals surface area contributed by atoms with E-state index in [0.29, 0.717) is 0 Å². The molecule has 0 bridgehead atoms. The highest BCUT2D eigenvalue weighted by Crippen LogP contribution is 2.29. The first kappa shape index (κ1) is 10.9. The van der Waals surface area contributed by atoms with Crippen LogP contribution in [-0.2, 0) is 0 Å². The fraction of sp³-hybridized carbons (Fsp3) is 0.308. The number of nitrogens with zero attached hydrogens (tertiary/aromatic N) is 1. The van der Waals surface area contributed by atoms with Crippen molar-refractivity contribution in [1.29, 1.82) is 0 Å².